The molecule has 0 fully saturated rings. The number of hydrogen-bond donors (Lipinski definition) is 6. The highest BCUT2D eigenvalue weighted by atomic mass is 33.1. The number of carbonyl (C=O) groups is 8. The molecule has 0 heterocycles. The first kappa shape index (κ1) is 27.5. The van der Waals surface area contributed by atoms with Crippen molar-refractivity contribution in [3.05, 3.63) is 68.8 Å². The van der Waals surface area contributed by atoms with Crippen LogP contribution in [0.5, 0.6) is 0 Å². The summed E-state index contributed by atoms with van der Waals surface area (Å²) in [6, 6.07) is 3.49. The van der Waals surface area contributed by atoms with E-state index in [2.05, 4.69) is 0 Å². The Morgan fingerprint density at radius 1 is 0.417 bits per heavy atom. The van der Waals surface area contributed by atoms with Gasteiger partial charge in [0, 0.05) is 11.1 Å². The molecule has 0 aliphatic heterocycles. The average Bonchev–Trinajstić information content (AvgIpc) is 2.79. The molecule has 36 heavy (non-hydrogen) atoms. The molecule has 0 aromatic heterocycles. The minimum absolute atomic E-state index is 0.162. The second-order valence-electron chi connectivity index (χ2n) is 6.82. The Labute approximate surface area is 208 Å². The van der Waals surface area contributed by atoms with Gasteiger partial charge in [0.25, 0.3) is 0 Å². The van der Waals surface area contributed by atoms with E-state index in [-0.39, 0.29) is 32.7 Å². The SMILES string of the molecule is NC(=O)c1cc(C(N)=O)c(C(=O)SSC(=O)c2c(C(N)=O)cc(C(N)=O)cc2C(N)=O)c(C(N)=O)c1. The molecule has 0 saturated carbocycles. The quantitative estimate of drug-likeness (QED) is 0.217. The van der Waals surface area contributed by atoms with Crippen LogP contribution in [0.1, 0.15) is 82.9 Å². The second-order valence-corrected chi connectivity index (χ2v) is 8.89. The number of rotatable bonds is 8. The van der Waals surface area contributed by atoms with Gasteiger partial charge < -0.3 is 34.4 Å². The van der Waals surface area contributed by atoms with Crippen LogP contribution in [0.3, 0.4) is 0 Å². The molecule has 186 valence electrons. The molecule has 6 amide bonds. The van der Waals surface area contributed by atoms with Gasteiger partial charge in [0.05, 0.1) is 33.4 Å². The first-order valence-electron chi connectivity index (χ1n) is 9.25. The molecule has 0 radical (unpaired) electrons. The number of primary amides is 6. The van der Waals surface area contributed by atoms with E-state index >= 15 is 0 Å². The molecular weight excluding hydrogens is 516 g/mol. The Balaban J connectivity index is 2.56. The fourth-order valence-electron chi connectivity index (χ4n) is 2.94. The molecule has 0 spiro atoms. The van der Waals surface area contributed by atoms with Gasteiger partial charge in [-0.05, 0) is 45.9 Å². The molecule has 0 atom stereocenters. The first-order chi connectivity index (χ1) is 16.7. The van der Waals surface area contributed by atoms with Crippen molar-refractivity contribution in [3.63, 3.8) is 0 Å². The topological polar surface area (TPSA) is 293 Å². The summed E-state index contributed by atoms with van der Waals surface area (Å²) in [6.07, 6.45) is 0. The van der Waals surface area contributed by atoms with E-state index in [4.69, 9.17) is 34.4 Å². The number of amides is 6. The van der Waals surface area contributed by atoms with Crippen LogP contribution in [0, 0.1) is 0 Å². The lowest BCUT2D eigenvalue weighted by atomic mass is 9.97. The second kappa shape index (κ2) is 10.7. The third kappa shape index (κ3) is 5.68. The van der Waals surface area contributed by atoms with Gasteiger partial charge in [-0.2, -0.15) is 0 Å². The number of hydrogen-bond acceptors (Lipinski definition) is 10. The van der Waals surface area contributed by atoms with Crippen molar-refractivity contribution in [2.75, 3.05) is 0 Å². The van der Waals surface area contributed by atoms with Crippen molar-refractivity contribution >= 4 is 67.3 Å². The van der Waals surface area contributed by atoms with Crippen LogP contribution in [0.15, 0.2) is 24.3 Å². The van der Waals surface area contributed by atoms with Gasteiger partial charge in [-0.15, -0.1) is 0 Å². The minimum atomic E-state index is -1.21. The molecule has 2 aromatic carbocycles. The summed E-state index contributed by atoms with van der Waals surface area (Å²) in [5.41, 5.74) is 27.2. The highest BCUT2D eigenvalue weighted by molar-refractivity contribution is 8.87. The maximum Gasteiger partial charge on any atom is 0.249 e. The van der Waals surface area contributed by atoms with Crippen LogP contribution < -0.4 is 34.4 Å². The maximum atomic E-state index is 12.9. The van der Waals surface area contributed by atoms with E-state index in [0.29, 0.717) is 0 Å². The summed E-state index contributed by atoms with van der Waals surface area (Å²) in [5, 5.41) is -2.16. The van der Waals surface area contributed by atoms with Gasteiger partial charge in [-0.25, -0.2) is 0 Å². The predicted molar refractivity (Wildman–Crippen MR) is 128 cm³/mol. The smallest absolute Gasteiger partial charge is 0.249 e. The first-order valence-corrected chi connectivity index (χ1v) is 11.4. The third-order valence-electron chi connectivity index (χ3n) is 4.51. The third-order valence-corrected chi connectivity index (χ3v) is 6.46. The van der Waals surface area contributed by atoms with Crippen molar-refractivity contribution in [2.45, 2.75) is 0 Å². The van der Waals surface area contributed by atoms with E-state index < -0.39 is 79.1 Å². The van der Waals surface area contributed by atoms with Crippen LogP contribution in [0.2, 0.25) is 0 Å². The molecule has 0 aliphatic rings. The lowest BCUT2D eigenvalue weighted by molar-refractivity contribution is 0.0969. The lowest BCUT2D eigenvalue weighted by Crippen LogP contribution is -2.25. The molecular formula is C20H16N6O8S2. The normalized spacial score (nSPS) is 10.3. The fraction of sp³-hybridized carbons (Fsp3) is 0. The molecule has 12 N–H and O–H groups in total. The highest BCUT2D eigenvalue weighted by Gasteiger charge is 2.29. The lowest BCUT2D eigenvalue weighted by Gasteiger charge is -2.13. The Kier molecular flexibility index (Phi) is 8.19. The molecule has 16 heteroatoms. The Bertz CT molecular complexity index is 1230. The van der Waals surface area contributed by atoms with Gasteiger partial charge in [-0.1, -0.05) is 0 Å². The zero-order chi connectivity index (χ0) is 27.5. The van der Waals surface area contributed by atoms with Crippen molar-refractivity contribution in [3.8, 4) is 0 Å². The number of carbonyl (C=O) groups excluding carboxylic acids is 8. The summed E-state index contributed by atoms with van der Waals surface area (Å²) in [7, 11) is 0.324. The molecule has 14 nitrogen and oxygen atoms in total. The molecule has 0 aliphatic carbocycles. The van der Waals surface area contributed by atoms with Gasteiger partial charge >= 0.3 is 0 Å². The molecule has 0 unspecified atom stereocenters. The van der Waals surface area contributed by atoms with Gasteiger partial charge in [-0.3, -0.25) is 38.4 Å². The van der Waals surface area contributed by atoms with Gasteiger partial charge in [0.1, 0.15) is 0 Å². The van der Waals surface area contributed by atoms with Crippen LogP contribution in [-0.2, 0) is 0 Å². The van der Waals surface area contributed by atoms with Crippen molar-refractivity contribution < 1.29 is 38.4 Å². The van der Waals surface area contributed by atoms with E-state index in [0.717, 1.165) is 24.3 Å². The highest BCUT2D eigenvalue weighted by Crippen LogP contribution is 2.34. The molecule has 2 rings (SSSR count). The predicted octanol–water partition coefficient (Wildman–Crippen LogP) is -1.36. The summed E-state index contributed by atoms with van der Waals surface area (Å²) in [4.78, 5) is 96.5. The summed E-state index contributed by atoms with van der Waals surface area (Å²) in [6.45, 7) is 0. The molecule has 2 aromatic rings. The van der Waals surface area contributed by atoms with E-state index in [1.807, 2.05) is 0 Å². The fourth-order valence-corrected chi connectivity index (χ4v) is 4.66. The Hall–Kier alpha value is -4.70. The number of benzene rings is 2. The van der Waals surface area contributed by atoms with Crippen LogP contribution in [0.25, 0.3) is 0 Å². The Morgan fingerprint density at radius 2 is 0.639 bits per heavy atom. The monoisotopic (exact) mass is 532 g/mol. The molecule has 0 saturated heterocycles. The summed E-state index contributed by atoms with van der Waals surface area (Å²) in [5.74, 6) is -6.95. The largest absolute Gasteiger partial charge is 0.366 e. The Morgan fingerprint density at radius 3 is 0.806 bits per heavy atom. The minimum Gasteiger partial charge on any atom is -0.366 e. The number of nitrogens with two attached hydrogens (primary N) is 6. The summed E-state index contributed by atoms with van der Waals surface area (Å²) < 4.78 is 0. The standard InChI is InChI=1S/C20H16N6O8S2/c21-13(27)5-1-7(15(23)29)11(8(2-5)16(24)30)19(33)35-36-20(34)12-9(17(25)31)3-6(14(22)28)4-10(12)18(26)32/h1-4H,(H2,21,27)(H2,22,28)(H2,23,29)(H2,24,30)(H2,25,31)(H2,26,32). The average molecular weight is 533 g/mol. The van der Waals surface area contributed by atoms with Crippen molar-refractivity contribution in [2.24, 2.45) is 34.4 Å². The van der Waals surface area contributed by atoms with Crippen molar-refractivity contribution in [1.82, 2.24) is 0 Å². The van der Waals surface area contributed by atoms with Crippen LogP contribution in [0.4, 0.5) is 0 Å². The van der Waals surface area contributed by atoms with E-state index in [1.165, 1.54) is 0 Å². The summed E-state index contributed by atoms with van der Waals surface area (Å²) >= 11 is 0. The zero-order valence-corrected chi connectivity index (χ0v) is 19.5. The van der Waals surface area contributed by atoms with Crippen molar-refractivity contribution in [1.29, 1.82) is 0 Å². The zero-order valence-electron chi connectivity index (χ0n) is 17.9. The van der Waals surface area contributed by atoms with Gasteiger partial charge in [0.2, 0.25) is 45.7 Å². The maximum absolute atomic E-state index is 12.9. The van der Waals surface area contributed by atoms with E-state index in [1.54, 1.807) is 0 Å². The van der Waals surface area contributed by atoms with Gasteiger partial charge in [0.15, 0.2) is 0 Å². The van der Waals surface area contributed by atoms with E-state index in [9.17, 15) is 38.4 Å². The molecule has 0 bridgehead atoms. The van der Waals surface area contributed by atoms with Crippen LogP contribution in [-0.4, -0.2) is 45.7 Å². The van der Waals surface area contributed by atoms with Crippen LogP contribution >= 0.6 is 21.6 Å².